The molecule has 0 saturated carbocycles. The summed E-state index contributed by atoms with van der Waals surface area (Å²) in [6, 6.07) is 0. The summed E-state index contributed by atoms with van der Waals surface area (Å²) in [4.78, 5) is 0. The van der Waals surface area contributed by atoms with E-state index in [1.807, 2.05) is 0 Å². The molecule has 0 radical (unpaired) electrons. The number of rotatable bonds is 8. The highest BCUT2D eigenvalue weighted by Gasteiger charge is 2.08. The Kier molecular flexibility index (Phi) is 7.34. The van der Waals surface area contributed by atoms with Crippen LogP contribution in [0.1, 0.15) is 13.3 Å². The summed E-state index contributed by atoms with van der Waals surface area (Å²) >= 11 is 0. The van der Waals surface area contributed by atoms with Crippen molar-refractivity contribution in [2.24, 2.45) is 5.73 Å². The Labute approximate surface area is 88.0 Å². The van der Waals surface area contributed by atoms with Crippen molar-refractivity contribution in [1.82, 2.24) is 4.72 Å². The minimum absolute atomic E-state index is 0.0439. The molecule has 0 aromatic rings. The van der Waals surface area contributed by atoms with E-state index >= 15 is 0 Å². The van der Waals surface area contributed by atoms with E-state index in [0.29, 0.717) is 24.5 Å². The predicted octanol–water partition coefficient (Wildman–Crippen LogP) is -0.977. The van der Waals surface area contributed by atoms with Gasteiger partial charge in [-0.1, -0.05) is 6.92 Å². The Hall–Kier alpha value is 0.0200. The van der Waals surface area contributed by atoms with Crippen LogP contribution in [0.25, 0.3) is 0 Å². The molecule has 0 fully saturated rings. The molecule has 0 rings (SSSR count). The van der Waals surface area contributed by atoms with Gasteiger partial charge in [-0.25, -0.2) is 13.1 Å². The molecule has 1 atom stereocenters. The van der Waals surface area contributed by atoms with Crippen LogP contribution in [0.5, 0.6) is 0 Å². The molecule has 0 heterocycles. The number of sulfonamides is 1. The van der Waals surface area contributed by atoms with Crippen molar-refractivity contribution in [2.75, 3.05) is 30.3 Å². The summed E-state index contributed by atoms with van der Waals surface area (Å²) in [7, 11) is -4.13. The van der Waals surface area contributed by atoms with E-state index in [4.69, 9.17) is 5.73 Å². The van der Waals surface area contributed by atoms with E-state index in [1.54, 1.807) is 6.92 Å². The lowest BCUT2D eigenvalue weighted by Gasteiger charge is -2.04. The second kappa shape index (κ2) is 7.33. The highest BCUT2D eigenvalue weighted by Crippen LogP contribution is 1.88. The standard InChI is InChI=1S/C7H18N2O3S2/c1-2-13(10)6-5-9-14(11,12)7-3-4-8/h9H,2-8H2,1H3. The van der Waals surface area contributed by atoms with Gasteiger partial charge in [-0.05, 0) is 13.0 Å². The summed E-state index contributed by atoms with van der Waals surface area (Å²) in [5.41, 5.74) is 5.19. The molecule has 0 aliphatic heterocycles. The zero-order chi connectivity index (χ0) is 11.0. The van der Waals surface area contributed by atoms with Gasteiger partial charge in [-0.2, -0.15) is 0 Å². The topological polar surface area (TPSA) is 89.3 Å². The Morgan fingerprint density at radius 1 is 1.43 bits per heavy atom. The third-order valence-electron chi connectivity index (χ3n) is 1.59. The van der Waals surface area contributed by atoms with Crippen molar-refractivity contribution in [1.29, 1.82) is 0 Å². The maximum absolute atomic E-state index is 11.2. The lowest BCUT2D eigenvalue weighted by Crippen LogP contribution is -2.30. The minimum atomic E-state index is -3.21. The smallest absolute Gasteiger partial charge is 0.211 e. The number of nitrogens with two attached hydrogens (primary N) is 1. The minimum Gasteiger partial charge on any atom is -0.330 e. The summed E-state index contributed by atoms with van der Waals surface area (Å²) in [6.45, 7) is 2.41. The van der Waals surface area contributed by atoms with Gasteiger partial charge in [0.05, 0.1) is 5.75 Å². The number of hydrogen-bond donors (Lipinski definition) is 2. The average molecular weight is 242 g/mol. The molecule has 86 valence electrons. The van der Waals surface area contributed by atoms with Gasteiger partial charge in [0.2, 0.25) is 10.0 Å². The SMILES string of the molecule is CCS(=O)CCNS(=O)(=O)CCCN. The van der Waals surface area contributed by atoms with E-state index in [2.05, 4.69) is 4.72 Å². The van der Waals surface area contributed by atoms with Gasteiger partial charge in [0.1, 0.15) is 0 Å². The molecule has 0 spiro atoms. The first-order valence-corrected chi connectivity index (χ1v) is 7.68. The number of nitrogens with one attached hydrogen (secondary N) is 1. The van der Waals surface area contributed by atoms with Crippen molar-refractivity contribution in [3.63, 3.8) is 0 Å². The van der Waals surface area contributed by atoms with Crippen molar-refractivity contribution in [3.8, 4) is 0 Å². The van der Waals surface area contributed by atoms with E-state index in [-0.39, 0.29) is 12.3 Å². The highest BCUT2D eigenvalue weighted by atomic mass is 32.2. The van der Waals surface area contributed by atoms with Crippen LogP contribution in [0.3, 0.4) is 0 Å². The molecule has 5 nitrogen and oxygen atoms in total. The molecule has 0 aliphatic carbocycles. The molecule has 14 heavy (non-hydrogen) atoms. The first-order valence-electron chi connectivity index (χ1n) is 4.54. The largest absolute Gasteiger partial charge is 0.330 e. The second-order valence-electron chi connectivity index (χ2n) is 2.79. The van der Waals surface area contributed by atoms with Crippen molar-refractivity contribution >= 4 is 20.8 Å². The van der Waals surface area contributed by atoms with Crippen molar-refractivity contribution in [3.05, 3.63) is 0 Å². The molecule has 0 amide bonds. The van der Waals surface area contributed by atoms with Crippen LogP contribution in [-0.2, 0) is 20.8 Å². The van der Waals surface area contributed by atoms with Crippen LogP contribution >= 0.6 is 0 Å². The monoisotopic (exact) mass is 242 g/mol. The fraction of sp³-hybridized carbons (Fsp3) is 1.00. The van der Waals surface area contributed by atoms with Crippen LogP contribution in [0, 0.1) is 0 Å². The molecule has 3 N–H and O–H groups in total. The van der Waals surface area contributed by atoms with Crippen molar-refractivity contribution in [2.45, 2.75) is 13.3 Å². The zero-order valence-corrected chi connectivity index (χ0v) is 9.99. The van der Waals surface area contributed by atoms with Gasteiger partial charge < -0.3 is 5.73 Å². The quantitative estimate of drug-likeness (QED) is 0.573. The zero-order valence-electron chi connectivity index (χ0n) is 8.36. The van der Waals surface area contributed by atoms with E-state index in [9.17, 15) is 12.6 Å². The van der Waals surface area contributed by atoms with E-state index in [0.717, 1.165) is 0 Å². The van der Waals surface area contributed by atoms with Crippen LogP contribution in [0.15, 0.2) is 0 Å². The third kappa shape index (κ3) is 7.43. The normalized spacial score (nSPS) is 14.1. The van der Waals surface area contributed by atoms with Gasteiger partial charge in [0, 0.05) is 28.9 Å². The highest BCUT2D eigenvalue weighted by molar-refractivity contribution is 7.89. The van der Waals surface area contributed by atoms with E-state index in [1.165, 1.54) is 0 Å². The molecule has 0 saturated heterocycles. The Bertz CT molecular complexity index is 264. The predicted molar refractivity (Wildman–Crippen MR) is 59.0 cm³/mol. The van der Waals surface area contributed by atoms with Crippen LogP contribution in [-0.4, -0.2) is 43.0 Å². The van der Waals surface area contributed by atoms with Gasteiger partial charge in [0.15, 0.2) is 0 Å². The molecule has 0 aromatic heterocycles. The fourth-order valence-corrected chi connectivity index (χ4v) is 2.65. The lowest BCUT2D eigenvalue weighted by atomic mass is 10.5. The summed E-state index contributed by atoms with van der Waals surface area (Å²) in [6.07, 6.45) is 0.451. The molecular formula is C7H18N2O3S2. The Morgan fingerprint density at radius 3 is 2.57 bits per heavy atom. The summed E-state index contributed by atoms with van der Waals surface area (Å²) < 4.78 is 35.7. The fourth-order valence-electron chi connectivity index (χ4n) is 0.801. The maximum atomic E-state index is 11.2. The average Bonchev–Trinajstić information content (AvgIpc) is 2.14. The second-order valence-corrected chi connectivity index (χ2v) is 6.58. The Morgan fingerprint density at radius 2 is 2.07 bits per heavy atom. The third-order valence-corrected chi connectivity index (χ3v) is 4.36. The van der Waals surface area contributed by atoms with E-state index < -0.39 is 20.8 Å². The van der Waals surface area contributed by atoms with Gasteiger partial charge in [0.25, 0.3) is 0 Å². The molecular weight excluding hydrogens is 224 g/mol. The van der Waals surface area contributed by atoms with Crippen LogP contribution in [0.2, 0.25) is 0 Å². The molecule has 0 aliphatic rings. The van der Waals surface area contributed by atoms with Crippen molar-refractivity contribution < 1.29 is 12.6 Å². The number of hydrogen-bond acceptors (Lipinski definition) is 4. The maximum Gasteiger partial charge on any atom is 0.211 e. The Balaban J connectivity index is 3.71. The van der Waals surface area contributed by atoms with Gasteiger partial charge in [-0.3, -0.25) is 4.21 Å². The van der Waals surface area contributed by atoms with Crippen LogP contribution in [0.4, 0.5) is 0 Å². The van der Waals surface area contributed by atoms with Gasteiger partial charge in [-0.15, -0.1) is 0 Å². The lowest BCUT2D eigenvalue weighted by molar-refractivity contribution is 0.581. The molecule has 0 bridgehead atoms. The van der Waals surface area contributed by atoms with Gasteiger partial charge >= 0.3 is 0 Å². The first kappa shape index (κ1) is 14.0. The molecule has 1 unspecified atom stereocenters. The molecule has 7 heteroatoms. The first-order chi connectivity index (χ1) is 6.52. The molecule has 0 aromatic carbocycles. The van der Waals surface area contributed by atoms with Crippen LogP contribution < -0.4 is 10.5 Å². The summed E-state index contributed by atoms with van der Waals surface area (Å²) in [5.74, 6) is 0.977. The summed E-state index contributed by atoms with van der Waals surface area (Å²) in [5, 5.41) is 0.